The number of benzene rings is 1. The Morgan fingerprint density at radius 3 is 1.82 bits per heavy atom. The van der Waals surface area contributed by atoms with Gasteiger partial charge < -0.3 is 60.9 Å². The predicted octanol–water partition coefficient (Wildman–Crippen LogP) is 0.769. The summed E-state index contributed by atoms with van der Waals surface area (Å²) in [5.74, 6) is -3.32. The topological polar surface area (TPSA) is 292 Å². The summed E-state index contributed by atoms with van der Waals surface area (Å²) >= 11 is 0. The smallest absolute Gasteiger partial charge is 0.410 e. The first-order valence-electron chi connectivity index (χ1n) is 21.9. The van der Waals surface area contributed by atoms with E-state index < -0.39 is 59.8 Å². The van der Waals surface area contributed by atoms with Crippen LogP contribution in [0.15, 0.2) is 36.4 Å². The van der Waals surface area contributed by atoms with Crippen LogP contribution in [0.2, 0.25) is 0 Å². The molecule has 0 radical (unpaired) electrons. The molecule has 1 aliphatic heterocycles. The molecular weight excluding hydrogens is 865 g/mol. The quantitative estimate of drug-likeness (QED) is 0.0420. The number of ketones is 1. The van der Waals surface area contributed by atoms with Gasteiger partial charge >= 0.3 is 12.1 Å². The molecule has 2 rings (SSSR count). The summed E-state index contributed by atoms with van der Waals surface area (Å²) in [6.07, 6.45) is 2.08. The van der Waals surface area contributed by atoms with E-state index in [1.807, 2.05) is 13.8 Å². The molecule has 0 aromatic heterocycles. The molecule has 1 aromatic carbocycles. The third-order valence-electron chi connectivity index (χ3n) is 9.83. The number of rotatable bonds is 33. The van der Waals surface area contributed by atoms with Crippen LogP contribution in [0, 0.1) is 11.8 Å². The lowest BCUT2D eigenvalue weighted by Gasteiger charge is -2.28. The lowest BCUT2D eigenvalue weighted by molar-refractivity contribution is -0.137. The summed E-state index contributed by atoms with van der Waals surface area (Å²) in [5.41, 5.74) is 6.20. The standard InChI is InChI=1S/C44H68N8O14/c1-29(2)39(50-36(55)16-20-62-22-24-64-26-27-65-25-23-63-21-18-46-35(54)15-19-52-37(56)13-14-38(52)57)42(59)49-34(8-7-17-47-43(45)60)41(58)48-33-11-9-32(10-12-33)28-66-44(61)51(6)40(30(3)4)31(5)53/h9-14,29-30,34,39-40H,7-8,15-28H2,1-6H3,(H,46,54)(H,48,58)(H,49,59)(H,50,55)(H3,45,47,60)/t34-,39-,40-/m0/s1. The number of carbonyl (C=O) groups is 9. The largest absolute Gasteiger partial charge is 0.445 e. The molecule has 0 spiro atoms. The first-order valence-corrected chi connectivity index (χ1v) is 21.9. The zero-order valence-corrected chi connectivity index (χ0v) is 38.9. The van der Waals surface area contributed by atoms with Gasteiger partial charge in [0.15, 0.2) is 5.78 Å². The normalized spacial score (nSPS) is 13.5. The molecule has 1 heterocycles. The summed E-state index contributed by atoms with van der Waals surface area (Å²) in [6.45, 7) is 11.0. The van der Waals surface area contributed by atoms with Crippen molar-refractivity contribution in [1.29, 1.82) is 0 Å². The van der Waals surface area contributed by atoms with Gasteiger partial charge in [0.2, 0.25) is 23.6 Å². The fourth-order valence-electron chi connectivity index (χ4n) is 6.43. The monoisotopic (exact) mass is 932 g/mol. The van der Waals surface area contributed by atoms with Crippen LogP contribution >= 0.6 is 0 Å². The fraction of sp³-hybridized carbons (Fsp3) is 0.614. The maximum absolute atomic E-state index is 13.5. The van der Waals surface area contributed by atoms with E-state index in [1.165, 1.54) is 31.0 Å². The molecular formula is C44H68N8O14. The number of likely N-dealkylation sites (N-methyl/N-ethyl adjacent to an activating group) is 1. The molecule has 0 unspecified atom stereocenters. The molecule has 9 amide bonds. The Balaban J connectivity index is 1.69. The van der Waals surface area contributed by atoms with Gasteiger partial charge in [-0.25, -0.2) is 9.59 Å². The predicted molar refractivity (Wildman–Crippen MR) is 239 cm³/mol. The van der Waals surface area contributed by atoms with Gasteiger partial charge in [-0.15, -0.1) is 0 Å². The van der Waals surface area contributed by atoms with E-state index in [4.69, 9.17) is 29.4 Å². The van der Waals surface area contributed by atoms with Gasteiger partial charge in [0.25, 0.3) is 11.8 Å². The molecule has 0 saturated carbocycles. The van der Waals surface area contributed by atoms with Crippen LogP contribution in [0.5, 0.6) is 0 Å². The number of primary amides is 1. The van der Waals surface area contributed by atoms with Gasteiger partial charge in [-0.05, 0) is 49.3 Å². The molecule has 368 valence electrons. The Kier molecular flexibility index (Phi) is 26.4. The molecule has 7 N–H and O–H groups in total. The molecule has 0 aliphatic carbocycles. The van der Waals surface area contributed by atoms with Crippen LogP contribution < -0.4 is 32.3 Å². The number of hydrogen-bond donors (Lipinski definition) is 6. The fourth-order valence-corrected chi connectivity index (χ4v) is 6.43. The highest BCUT2D eigenvalue weighted by Gasteiger charge is 2.30. The first kappa shape index (κ1) is 56.2. The highest BCUT2D eigenvalue weighted by Crippen LogP contribution is 2.16. The van der Waals surface area contributed by atoms with Crippen molar-refractivity contribution < 1.29 is 66.8 Å². The molecule has 3 atom stereocenters. The highest BCUT2D eigenvalue weighted by atomic mass is 16.6. The number of urea groups is 1. The van der Waals surface area contributed by atoms with E-state index in [1.54, 1.807) is 38.1 Å². The first-order chi connectivity index (χ1) is 31.4. The number of anilines is 1. The molecule has 22 heteroatoms. The number of nitrogens with one attached hydrogen (secondary N) is 5. The Labute approximate surface area is 385 Å². The van der Waals surface area contributed by atoms with Crippen LogP contribution in [0.1, 0.15) is 65.9 Å². The van der Waals surface area contributed by atoms with E-state index in [2.05, 4.69) is 26.6 Å². The maximum Gasteiger partial charge on any atom is 0.410 e. The Hall–Kier alpha value is -5.97. The number of hydrogen-bond acceptors (Lipinski definition) is 14. The Bertz CT molecular complexity index is 1770. The number of ether oxygens (including phenoxy) is 5. The Morgan fingerprint density at radius 1 is 0.697 bits per heavy atom. The number of nitrogens with zero attached hydrogens (tertiary/aromatic N) is 2. The van der Waals surface area contributed by atoms with Gasteiger partial charge in [-0.1, -0.05) is 39.8 Å². The molecule has 0 fully saturated rings. The molecule has 22 nitrogen and oxygen atoms in total. The molecule has 1 aliphatic rings. The minimum atomic E-state index is -1.05. The molecule has 66 heavy (non-hydrogen) atoms. The van der Waals surface area contributed by atoms with Crippen molar-refractivity contribution in [2.45, 2.75) is 85.0 Å². The Morgan fingerprint density at radius 2 is 1.27 bits per heavy atom. The van der Waals surface area contributed by atoms with Gasteiger partial charge in [0.05, 0.1) is 58.9 Å². The van der Waals surface area contributed by atoms with Gasteiger partial charge in [0, 0.05) is 57.4 Å². The number of imide groups is 1. The zero-order valence-electron chi connectivity index (χ0n) is 38.9. The summed E-state index contributed by atoms with van der Waals surface area (Å²) < 4.78 is 27.2. The molecule has 0 bridgehead atoms. The highest BCUT2D eigenvalue weighted by molar-refractivity contribution is 6.13. The number of carbonyl (C=O) groups excluding carboxylic acids is 9. The van der Waals surface area contributed by atoms with Crippen LogP contribution in [-0.2, 0) is 63.9 Å². The van der Waals surface area contributed by atoms with E-state index in [0.717, 1.165) is 4.90 Å². The minimum absolute atomic E-state index is 0.00509. The SMILES string of the molecule is CC(=O)[C@H](C(C)C)N(C)C(=O)OCc1ccc(NC(=O)[C@H](CCCNC(N)=O)NC(=O)[C@@H](NC(=O)CCOCCOCCOCCOCCNC(=O)CCN2C(=O)C=CC2=O)C(C)C)cc1. The van der Waals surface area contributed by atoms with Crippen molar-refractivity contribution in [2.24, 2.45) is 17.6 Å². The lowest BCUT2D eigenvalue weighted by Crippen LogP contribution is -2.54. The third-order valence-corrected chi connectivity index (χ3v) is 9.83. The second kappa shape index (κ2) is 31.0. The van der Waals surface area contributed by atoms with Gasteiger partial charge in [-0.3, -0.25) is 38.5 Å². The summed E-state index contributed by atoms with van der Waals surface area (Å²) in [7, 11) is 1.51. The third kappa shape index (κ3) is 22.3. The zero-order chi connectivity index (χ0) is 49.0. The van der Waals surface area contributed by atoms with Crippen molar-refractivity contribution in [3.8, 4) is 0 Å². The maximum atomic E-state index is 13.5. The minimum Gasteiger partial charge on any atom is -0.445 e. The van der Waals surface area contributed by atoms with Crippen LogP contribution in [-0.4, -0.2) is 161 Å². The molecule has 1 aromatic rings. The summed E-state index contributed by atoms with van der Waals surface area (Å²) in [6, 6.07) is 3.14. The number of amides is 9. The second-order valence-corrected chi connectivity index (χ2v) is 15.9. The van der Waals surface area contributed by atoms with E-state index >= 15 is 0 Å². The lowest BCUT2D eigenvalue weighted by atomic mass is 10.00. The molecule has 0 saturated heterocycles. The average molecular weight is 933 g/mol. The number of nitrogens with two attached hydrogens (primary N) is 1. The van der Waals surface area contributed by atoms with Gasteiger partial charge in [-0.2, -0.15) is 0 Å². The van der Waals surface area contributed by atoms with Crippen molar-refractivity contribution in [3.63, 3.8) is 0 Å². The number of Topliss-reactive ketones (excluding diaryl/α,β-unsaturated/α-hetero) is 1. The second-order valence-electron chi connectivity index (χ2n) is 15.9. The van der Waals surface area contributed by atoms with Crippen LogP contribution in [0.4, 0.5) is 15.3 Å². The van der Waals surface area contributed by atoms with E-state index in [0.29, 0.717) is 44.1 Å². The summed E-state index contributed by atoms with van der Waals surface area (Å²) in [5, 5.41) is 13.3. The van der Waals surface area contributed by atoms with Gasteiger partial charge in [0.1, 0.15) is 18.7 Å². The van der Waals surface area contributed by atoms with Crippen molar-refractivity contribution >= 4 is 59.0 Å². The van der Waals surface area contributed by atoms with Crippen LogP contribution in [0.25, 0.3) is 0 Å². The van der Waals surface area contributed by atoms with E-state index in [-0.39, 0.29) is 95.5 Å². The summed E-state index contributed by atoms with van der Waals surface area (Å²) in [4.78, 5) is 113. The van der Waals surface area contributed by atoms with Crippen molar-refractivity contribution in [1.82, 2.24) is 31.1 Å². The average Bonchev–Trinajstić information content (AvgIpc) is 3.58. The van der Waals surface area contributed by atoms with Crippen molar-refractivity contribution in [2.75, 3.05) is 84.9 Å². The van der Waals surface area contributed by atoms with Crippen LogP contribution in [0.3, 0.4) is 0 Å². The van der Waals surface area contributed by atoms with Crippen molar-refractivity contribution in [3.05, 3.63) is 42.0 Å². The van der Waals surface area contributed by atoms with E-state index in [9.17, 15) is 43.2 Å².